The molecule has 0 atom stereocenters. The van der Waals surface area contributed by atoms with Crippen LogP contribution in [0, 0.1) is 0 Å². The van der Waals surface area contributed by atoms with E-state index in [0.29, 0.717) is 0 Å². The normalized spacial score (nSPS) is 13.1. The van der Waals surface area contributed by atoms with Crippen LogP contribution in [-0.4, -0.2) is 18.9 Å². The molecule has 0 saturated carbocycles. The molecular formula is C7H14O2S. The van der Waals surface area contributed by atoms with Crippen molar-refractivity contribution < 1.29 is 8.42 Å². The van der Waals surface area contributed by atoms with Gasteiger partial charge in [0.05, 0.1) is 10.5 Å². The summed E-state index contributed by atoms with van der Waals surface area (Å²) in [5.74, 6) is 0.0660. The van der Waals surface area contributed by atoms with Crippen molar-refractivity contribution in [1.29, 1.82) is 0 Å². The van der Waals surface area contributed by atoms with Crippen LogP contribution in [0.1, 0.15) is 20.8 Å². The van der Waals surface area contributed by atoms with Crippen LogP contribution in [0.2, 0.25) is 0 Å². The lowest BCUT2D eigenvalue weighted by Gasteiger charge is -2.17. The van der Waals surface area contributed by atoms with Gasteiger partial charge in [0.1, 0.15) is 0 Å². The molecule has 60 valence electrons. The van der Waals surface area contributed by atoms with Crippen molar-refractivity contribution in [2.45, 2.75) is 25.5 Å². The van der Waals surface area contributed by atoms with Gasteiger partial charge in [-0.05, 0) is 20.8 Å². The summed E-state index contributed by atoms with van der Waals surface area (Å²) in [5, 5.41) is 0. The summed E-state index contributed by atoms with van der Waals surface area (Å²) >= 11 is 0. The quantitative estimate of drug-likeness (QED) is 0.575. The first-order valence-corrected chi connectivity index (χ1v) is 4.79. The van der Waals surface area contributed by atoms with Crippen molar-refractivity contribution in [3.63, 3.8) is 0 Å². The fourth-order valence-corrected chi connectivity index (χ4v) is 1.22. The molecule has 0 aromatic rings. The minimum atomic E-state index is -2.97. The second-order valence-electron chi connectivity index (χ2n) is 3.18. The summed E-state index contributed by atoms with van der Waals surface area (Å²) in [4.78, 5) is 0. The van der Waals surface area contributed by atoms with Crippen LogP contribution < -0.4 is 0 Å². The van der Waals surface area contributed by atoms with Crippen molar-refractivity contribution in [2.75, 3.05) is 5.75 Å². The molecule has 0 heterocycles. The van der Waals surface area contributed by atoms with E-state index in [-0.39, 0.29) is 5.75 Å². The van der Waals surface area contributed by atoms with E-state index in [2.05, 4.69) is 6.58 Å². The topological polar surface area (TPSA) is 34.1 Å². The molecular weight excluding hydrogens is 148 g/mol. The summed E-state index contributed by atoms with van der Waals surface area (Å²) in [5.41, 5.74) is 0. The Labute approximate surface area is 62.9 Å². The molecule has 0 saturated heterocycles. The van der Waals surface area contributed by atoms with Gasteiger partial charge < -0.3 is 0 Å². The zero-order valence-electron chi connectivity index (χ0n) is 6.72. The molecule has 0 rings (SSSR count). The maximum absolute atomic E-state index is 11.2. The molecule has 0 radical (unpaired) electrons. The number of hydrogen-bond acceptors (Lipinski definition) is 2. The Morgan fingerprint density at radius 1 is 1.40 bits per heavy atom. The Bertz CT molecular complexity index is 206. The molecule has 0 aromatic carbocycles. The van der Waals surface area contributed by atoms with Crippen LogP contribution >= 0.6 is 0 Å². The average Bonchev–Trinajstić information content (AvgIpc) is 1.61. The second kappa shape index (κ2) is 2.74. The Balaban J connectivity index is 4.59. The minimum absolute atomic E-state index is 0.0660. The maximum Gasteiger partial charge on any atom is 0.158 e. The zero-order valence-corrected chi connectivity index (χ0v) is 7.53. The molecule has 0 aliphatic rings. The standard InChI is InChI=1S/C7H14O2S/c1-5-6-10(8,9)7(2,3)4/h5H,1,6H2,2-4H3. The molecule has 0 spiro atoms. The summed E-state index contributed by atoms with van der Waals surface area (Å²) in [6.07, 6.45) is 1.42. The van der Waals surface area contributed by atoms with E-state index in [9.17, 15) is 8.42 Å². The Morgan fingerprint density at radius 3 is 1.90 bits per heavy atom. The molecule has 3 heteroatoms. The third-order valence-corrected chi connectivity index (χ3v) is 3.81. The first kappa shape index (κ1) is 9.69. The van der Waals surface area contributed by atoms with E-state index in [4.69, 9.17) is 0 Å². The number of rotatable bonds is 2. The fourth-order valence-electron chi connectivity index (χ4n) is 0.405. The van der Waals surface area contributed by atoms with Crippen LogP contribution in [-0.2, 0) is 9.84 Å². The van der Waals surface area contributed by atoms with Crippen molar-refractivity contribution in [2.24, 2.45) is 0 Å². The van der Waals surface area contributed by atoms with Gasteiger partial charge in [-0.25, -0.2) is 8.42 Å². The predicted molar refractivity (Wildman–Crippen MR) is 43.7 cm³/mol. The number of sulfone groups is 1. The van der Waals surface area contributed by atoms with Gasteiger partial charge in [-0.2, -0.15) is 0 Å². The molecule has 10 heavy (non-hydrogen) atoms. The average molecular weight is 162 g/mol. The molecule has 0 aliphatic heterocycles. The van der Waals surface area contributed by atoms with E-state index in [1.165, 1.54) is 6.08 Å². The fraction of sp³-hybridized carbons (Fsp3) is 0.714. The lowest BCUT2D eigenvalue weighted by Crippen LogP contribution is -2.29. The smallest absolute Gasteiger partial charge is 0.158 e. The lowest BCUT2D eigenvalue weighted by molar-refractivity contribution is 0.563. The van der Waals surface area contributed by atoms with Gasteiger partial charge >= 0.3 is 0 Å². The van der Waals surface area contributed by atoms with Gasteiger partial charge in [-0.3, -0.25) is 0 Å². The van der Waals surface area contributed by atoms with Gasteiger partial charge in [0, 0.05) is 0 Å². The molecule has 0 amide bonds. The Kier molecular flexibility index (Phi) is 2.66. The monoisotopic (exact) mass is 162 g/mol. The molecule has 0 unspecified atom stereocenters. The van der Waals surface area contributed by atoms with E-state index in [1.807, 2.05) is 0 Å². The van der Waals surface area contributed by atoms with Gasteiger partial charge in [-0.15, -0.1) is 6.58 Å². The third-order valence-electron chi connectivity index (χ3n) is 1.27. The zero-order chi connectivity index (χ0) is 8.41. The molecule has 0 aliphatic carbocycles. The highest BCUT2D eigenvalue weighted by Crippen LogP contribution is 2.15. The molecule has 0 bridgehead atoms. The summed E-state index contributed by atoms with van der Waals surface area (Å²) < 4.78 is 21.7. The minimum Gasteiger partial charge on any atom is -0.228 e. The van der Waals surface area contributed by atoms with Crippen molar-refractivity contribution in [1.82, 2.24) is 0 Å². The molecule has 2 nitrogen and oxygen atoms in total. The molecule has 0 fully saturated rings. The third kappa shape index (κ3) is 2.14. The van der Waals surface area contributed by atoms with E-state index in [1.54, 1.807) is 20.8 Å². The first-order valence-electron chi connectivity index (χ1n) is 3.14. The van der Waals surface area contributed by atoms with Crippen molar-refractivity contribution in [3.8, 4) is 0 Å². The van der Waals surface area contributed by atoms with Crippen LogP contribution in [0.3, 0.4) is 0 Å². The van der Waals surface area contributed by atoms with Crippen LogP contribution in [0.25, 0.3) is 0 Å². The highest BCUT2D eigenvalue weighted by molar-refractivity contribution is 7.92. The summed E-state index contributed by atoms with van der Waals surface area (Å²) in [7, 11) is -2.97. The van der Waals surface area contributed by atoms with Gasteiger partial charge in [-0.1, -0.05) is 6.08 Å². The van der Waals surface area contributed by atoms with Gasteiger partial charge in [0.2, 0.25) is 0 Å². The van der Waals surface area contributed by atoms with Crippen molar-refractivity contribution >= 4 is 9.84 Å². The summed E-state index contributed by atoms with van der Waals surface area (Å²) in [6, 6.07) is 0. The van der Waals surface area contributed by atoms with E-state index in [0.717, 1.165) is 0 Å². The maximum atomic E-state index is 11.2. The summed E-state index contributed by atoms with van der Waals surface area (Å²) in [6.45, 7) is 8.44. The second-order valence-corrected chi connectivity index (χ2v) is 5.97. The van der Waals surface area contributed by atoms with E-state index < -0.39 is 14.6 Å². The Hall–Kier alpha value is -0.310. The molecule has 0 N–H and O–H groups in total. The number of hydrogen-bond donors (Lipinski definition) is 0. The van der Waals surface area contributed by atoms with Crippen LogP contribution in [0.15, 0.2) is 12.7 Å². The van der Waals surface area contributed by atoms with Crippen LogP contribution in [0.5, 0.6) is 0 Å². The SMILES string of the molecule is C=CCS(=O)(=O)C(C)(C)C. The Morgan fingerprint density at radius 2 is 1.80 bits per heavy atom. The highest BCUT2D eigenvalue weighted by atomic mass is 32.2. The van der Waals surface area contributed by atoms with Crippen molar-refractivity contribution in [3.05, 3.63) is 12.7 Å². The van der Waals surface area contributed by atoms with Gasteiger partial charge in [0.15, 0.2) is 9.84 Å². The van der Waals surface area contributed by atoms with Gasteiger partial charge in [0.25, 0.3) is 0 Å². The van der Waals surface area contributed by atoms with E-state index >= 15 is 0 Å². The predicted octanol–water partition coefficient (Wildman–Crippen LogP) is 1.39. The molecule has 0 aromatic heterocycles. The highest BCUT2D eigenvalue weighted by Gasteiger charge is 2.26. The van der Waals surface area contributed by atoms with Crippen LogP contribution in [0.4, 0.5) is 0 Å². The first-order chi connectivity index (χ1) is 4.31. The largest absolute Gasteiger partial charge is 0.228 e. The lowest BCUT2D eigenvalue weighted by atomic mass is 10.3.